The van der Waals surface area contributed by atoms with Crippen LogP contribution in [0.1, 0.15) is 29.9 Å². The fraction of sp³-hybridized carbons (Fsp3) is 0.357. The van der Waals surface area contributed by atoms with Crippen LogP contribution in [0, 0.1) is 5.92 Å². The Morgan fingerprint density at radius 2 is 2.07 bits per heavy atom. The SMILES string of the molecule is O=C1C=C[C@@H]2CCc3ccccc3[C@@H]2C1. The second-order valence-electron chi connectivity index (χ2n) is 4.54. The Balaban J connectivity index is 2.06. The van der Waals surface area contributed by atoms with Crippen molar-refractivity contribution in [1.82, 2.24) is 0 Å². The Bertz CT molecular complexity index is 431. The van der Waals surface area contributed by atoms with Crippen molar-refractivity contribution in [2.24, 2.45) is 5.92 Å². The molecule has 0 heterocycles. The number of hydrogen-bond donors (Lipinski definition) is 0. The minimum atomic E-state index is 0.285. The van der Waals surface area contributed by atoms with E-state index in [1.54, 1.807) is 6.08 Å². The summed E-state index contributed by atoms with van der Waals surface area (Å²) in [5, 5.41) is 0. The molecule has 0 amide bonds. The Morgan fingerprint density at radius 1 is 1.20 bits per heavy atom. The maximum Gasteiger partial charge on any atom is 0.156 e. The van der Waals surface area contributed by atoms with Gasteiger partial charge < -0.3 is 0 Å². The highest BCUT2D eigenvalue weighted by Gasteiger charge is 2.31. The van der Waals surface area contributed by atoms with Crippen LogP contribution < -0.4 is 0 Å². The summed E-state index contributed by atoms with van der Waals surface area (Å²) in [6.07, 6.45) is 6.96. The van der Waals surface area contributed by atoms with Crippen molar-refractivity contribution in [2.45, 2.75) is 25.2 Å². The highest BCUT2D eigenvalue weighted by Crippen LogP contribution is 2.41. The first-order chi connectivity index (χ1) is 7.34. The van der Waals surface area contributed by atoms with Crippen LogP contribution in [0.25, 0.3) is 0 Å². The average Bonchev–Trinajstić information content (AvgIpc) is 2.29. The van der Waals surface area contributed by atoms with E-state index in [-0.39, 0.29) is 5.78 Å². The topological polar surface area (TPSA) is 17.1 Å². The number of fused-ring (bicyclic) bond motifs is 3. The van der Waals surface area contributed by atoms with Gasteiger partial charge in [0.1, 0.15) is 0 Å². The normalized spacial score (nSPS) is 28.4. The molecule has 0 N–H and O–H groups in total. The number of benzene rings is 1. The standard InChI is InChI=1S/C14H14O/c15-12-8-7-11-6-5-10-3-1-2-4-13(10)14(11)9-12/h1-4,7-8,11,14H,5-6,9H2/t11-,14+/m0/s1. The Kier molecular flexibility index (Phi) is 1.98. The third-order valence-electron chi connectivity index (χ3n) is 3.67. The molecular formula is C14H14O. The van der Waals surface area contributed by atoms with Gasteiger partial charge in [-0.1, -0.05) is 30.3 Å². The Morgan fingerprint density at radius 3 is 3.00 bits per heavy atom. The molecule has 0 aromatic heterocycles. The summed E-state index contributed by atoms with van der Waals surface area (Å²) in [5.74, 6) is 1.33. The van der Waals surface area contributed by atoms with Gasteiger partial charge in [-0.3, -0.25) is 4.79 Å². The predicted octanol–water partition coefficient (Wildman–Crippen LogP) is 2.86. The van der Waals surface area contributed by atoms with Crippen LogP contribution in [0.15, 0.2) is 36.4 Å². The lowest BCUT2D eigenvalue weighted by Gasteiger charge is -2.33. The van der Waals surface area contributed by atoms with Crippen LogP contribution >= 0.6 is 0 Å². The number of carbonyl (C=O) groups excluding carboxylic acids is 1. The average molecular weight is 198 g/mol. The lowest BCUT2D eigenvalue weighted by atomic mass is 9.71. The molecule has 0 saturated carbocycles. The molecule has 2 aliphatic rings. The van der Waals surface area contributed by atoms with Crippen molar-refractivity contribution >= 4 is 5.78 Å². The summed E-state index contributed by atoms with van der Waals surface area (Å²) >= 11 is 0. The maximum absolute atomic E-state index is 11.4. The lowest BCUT2D eigenvalue weighted by molar-refractivity contribution is -0.115. The molecule has 0 unspecified atom stereocenters. The first-order valence-electron chi connectivity index (χ1n) is 5.63. The summed E-state index contributed by atoms with van der Waals surface area (Å²) in [5.41, 5.74) is 2.85. The second-order valence-corrected chi connectivity index (χ2v) is 4.54. The molecule has 3 rings (SSSR count). The van der Waals surface area contributed by atoms with Crippen molar-refractivity contribution in [3.63, 3.8) is 0 Å². The summed E-state index contributed by atoms with van der Waals surface area (Å²) in [7, 11) is 0. The number of ketones is 1. The number of aryl methyl sites for hydroxylation is 1. The monoisotopic (exact) mass is 198 g/mol. The van der Waals surface area contributed by atoms with Crippen molar-refractivity contribution in [3.05, 3.63) is 47.5 Å². The molecule has 0 saturated heterocycles. The lowest BCUT2D eigenvalue weighted by Crippen LogP contribution is -2.24. The molecule has 76 valence electrons. The van der Waals surface area contributed by atoms with E-state index in [2.05, 4.69) is 30.3 Å². The smallest absolute Gasteiger partial charge is 0.156 e. The van der Waals surface area contributed by atoms with Crippen molar-refractivity contribution in [1.29, 1.82) is 0 Å². The Labute approximate surface area is 89.8 Å². The van der Waals surface area contributed by atoms with E-state index in [4.69, 9.17) is 0 Å². The molecule has 1 aromatic carbocycles. The van der Waals surface area contributed by atoms with Crippen LogP contribution in [0.5, 0.6) is 0 Å². The van der Waals surface area contributed by atoms with Gasteiger partial charge in [0.25, 0.3) is 0 Å². The molecule has 1 nitrogen and oxygen atoms in total. The molecule has 0 bridgehead atoms. The molecule has 0 aliphatic heterocycles. The Hall–Kier alpha value is -1.37. The predicted molar refractivity (Wildman–Crippen MR) is 59.8 cm³/mol. The molecule has 2 atom stereocenters. The van der Waals surface area contributed by atoms with Gasteiger partial charge in [-0.25, -0.2) is 0 Å². The number of carbonyl (C=O) groups is 1. The van der Waals surface area contributed by atoms with Crippen LogP contribution in [-0.2, 0) is 11.2 Å². The maximum atomic E-state index is 11.4. The first-order valence-corrected chi connectivity index (χ1v) is 5.63. The third-order valence-corrected chi connectivity index (χ3v) is 3.67. The van der Waals surface area contributed by atoms with E-state index in [0.29, 0.717) is 18.3 Å². The van der Waals surface area contributed by atoms with Gasteiger partial charge in [0.05, 0.1) is 0 Å². The fourth-order valence-electron chi connectivity index (χ4n) is 2.88. The zero-order chi connectivity index (χ0) is 10.3. The van der Waals surface area contributed by atoms with Crippen LogP contribution in [-0.4, -0.2) is 5.78 Å². The molecule has 15 heavy (non-hydrogen) atoms. The minimum Gasteiger partial charge on any atom is -0.295 e. The van der Waals surface area contributed by atoms with Crippen molar-refractivity contribution < 1.29 is 4.79 Å². The summed E-state index contributed by atoms with van der Waals surface area (Å²) in [6.45, 7) is 0. The van der Waals surface area contributed by atoms with Crippen LogP contribution in [0.3, 0.4) is 0 Å². The van der Waals surface area contributed by atoms with Crippen molar-refractivity contribution in [3.8, 4) is 0 Å². The second kappa shape index (κ2) is 3.34. The molecule has 0 radical (unpaired) electrons. The number of allylic oxidation sites excluding steroid dienone is 2. The van der Waals surface area contributed by atoms with E-state index in [0.717, 1.165) is 6.42 Å². The van der Waals surface area contributed by atoms with E-state index in [1.807, 2.05) is 0 Å². The first kappa shape index (κ1) is 8.90. The van der Waals surface area contributed by atoms with Gasteiger partial charge in [0, 0.05) is 6.42 Å². The quantitative estimate of drug-likeness (QED) is 0.626. The fourth-order valence-corrected chi connectivity index (χ4v) is 2.88. The van der Waals surface area contributed by atoms with E-state index in [9.17, 15) is 4.79 Å². The molecule has 1 aromatic rings. The third kappa shape index (κ3) is 1.43. The largest absolute Gasteiger partial charge is 0.295 e. The van der Waals surface area contributed by atoms with Gasteiger partial charge in [0.15, 0.2) is 5.78 Å². The van der Waals surface area contributed by atoms with E-state index in [1.165, 1.54) is 17.5 Å². The summed E-state index contributed by atoms with van der Waals surface area (Å²) in [4.78, 5) is 11.4. The zero-order valence-corrected chi connectivity index (χ0v) is 8.65. The summed E-state index contributed by atoms with van der Waals surface area (Å²) in [6, 6.07) is 8.58. The molecular weight excluding hydrogens is 184 g/mol. The van der Waals surface area contributed by atoms with Gasteiger partial charge >= 0.3 is 0 Å². The van der Waals surface area contributed by atoms with Crippen LogP contribution in [0.4, 0.5) is 0 Å². The van der Waals surface area contributed by atoms with Crippen molar-refractivity contribution in [2.75, 3.05) is 0 Å². The van der Waals surface area contributed by atoms with Gasteiger partial charge in [-0.05, 0) is 41.9 Å². The van der Waals surface area contributed by atoms with Crippen LogP contribution in [0.2, 0.25) is 0 Å². The molecule has 0 fully saturated rings. The van der Waals surface area contributed by atoms with Gasteiger partial charge in [-0.2, -0.15) is 0 Å². The minimum absolute atomic E-state index is 0.285. The molecule has 0 spiro atoms. The number of hydrogen-bond acceptors (Lipinski definition) is 1. The highest BCUT2D eigenvalue weighted by molar-refractivity contribution is 5.91. The zero-order valence-electron chi connectivity index (χ0n) is 8.65. The number of rotatable bonds is 0. The van der Waals surface area contributed by atoms with Gasteiger partial charge in [-0.15, -0.1) is 0 Å². The molecule has 2 aliphatic carbocycles. The summed E-state index contributed by atoms with van der Waals surface area (Å²) < 4.78 is 0. The highest BCUT2D eigenvalue weighted by atomic mass is 16.1. The van der Waals surface area contributed by atoms with Gasteiger partial charge in [0.2, 0.25) is 0 Å². The molecule has 1 heteroatoms. The van der Waals surface area contributed by atoms with E-state index >= 15 is 0 Å². The van der Waals surface area contributed by atoms with E-state index < -0.39 is 0 Å².